The van der Waals surface area contributed by atoms with Gasteiger partial charge in [-0.1, -0.05) is 34.1 Å². The number of methoxy groups -OCH3 is 1. The molecule has 1 fully saturated rings. The zero-order chi connectivity index (χ0) is 13.2. The number of ether oxygens (including phenoxy) is 1. The summed E-state index contributed by atoms with van der Waals surface area (Å²) in [5.41, 5.74) is 2.27. The SMILES string of the molecule is CO[C@H]1CNCC1n1cncc1-c1ccccc1Br. The van der Waals surface area contributed by atoms with Crippen molar-refractivity contribution >= 4 is 15.9 Å². The van der Waals surface area contributed by atoms with Crippen molar-refractivity contribution in [3.8, 4) is 11.3 Å². The molecule has 1 saturated heterocycles. The van der Waals surface area contributed by atoms with Crippen molar-refractivity contribution in [2.75, 3.05) is 20.2 Å². The van der Waals surface area contributed by atoms with E-state index >= 15 is 0 Å². The van der Waals surface area contributed by atoms with Crippen molar-refractivity contribution in [2.45, 2.75) is 12.1 Å². The van der Waals surface area contributed by atoms with Gasteiger partial charge in [-0.15, -0.1) is 0 Å². The minimum Gasteiger partial charge on any atom is -0.378 e. The van der Waals surface area contributed by atoms with Gasteiger partial charge in [0.05, 0.1) is 30.4 Å². The molecule has 2 heterocycles. The third kappa shape index (κ3) is 2.33. The van der Waals surface area contributed by atoms with Crippen LogP contribution in [-0.2, 0) is 4.74 Å². The normalized spacial score (nSPS) is 22.8. The van der Waals surface area contributed by atoms with Crippen molar-refractivity contribution in [3.63, 3.8) is 0 Å². The largest absolute Gasteiger partial charge is 0.378 e. The quantitative estimate of drug-likeness (QED) is 0.944. The highest BCUT2D eigenvalue weighted by Crippen LogP contribution is 2.31. The Hall–Kier alpha value is -1.17. The van der Waals surface area contributed by atoms with E-state index in [4.69, 9.17) is 4.74 Å². The summed E-state index contributed by atoms with van der Waals surface area (Å²) in [5, 5.41) is 3.37. The van der Waals surface area contributed by atoms with Gasteiger partial charge in [0.15, 0.2) is 0 Å². The Bertz CT molecular complexity index is 569. The fraction of sp³-hybridized carbons (Fsp3) is 0.357. The van der Waals surface area contributed by atoms with Crippen LogP contribution < -0.4 is 5.32 Å². The molecule has 1 aromatic carbocycles. The number of hydrogen-bond donors (Lipinski definition) is 1. The zero-order valence-corrected chi connectivity index (χ0v) is 12.3. The summed E-state index contributed by atoms with van der Waals surface area (Å²) in [6.45, 7) is 1.79. The van der Waals surface area contributed by atoms with Crippen LogP contribution in [0.15, 0.2) is 41.3 Å². The van der Waals surface area contributed by atoms with Gasteiger partial charge in [-0.2, -0.15) is 0 Å². The number of rotatable bonds is 3. The fourth-order valence-electron chi connectivity index (χ4n) is 2.61. The first-order chi connectivity index (χ1) is 9.31. The Morgan fingerprint density at radius 2 is 2.21 bits per heavy atom. The van der Waals surface area contributed by atoms with E-state index in [1.807, 2.05) is 30.7 Å². The van der Waals surface area contributed by atoms with Gasteiger partial charge in [0.2, 0.25) is 0 Å². The first kappa shape index (κ1) is 12.8. The molecule has 0 saturated carbocycles. The molecular weight excluding hydrogens is 306 g/mol. The minimum atomic E-state index is 0.190. The molecule has 4 nitrogen and oxygen atoms in total. The fourth-order valence-corrected chi connectivity index (χ4v) is 3.09. The van der Waals surface area contributed by atoms with Crippen molar-refractivity contribution in [1.29, 1.82) is 0 Å². The summed E-state index contributed by atoms with van der Waals surface area (Å²) in [6, 6.07) is 8.49. The van der Waals surface area contributed by atoms with E-state index in [1.165, 1.54) is 0 Å². The molecule has 0 spiro atoms. The summed E-state index contributed by atoms with van der Waals surface area (Å²) in [7, 11) is 1.76. The Balaban J connectivity index is 2.01. The molecule has 1 aliphatic rings. The van der Waals surface area contributed by atoms with E-state index in [-0.39, 0.29) is 12.1 Å². The van der Waals surface area contributed by atoms with Gasteiger partial charge in [-0.05, 0) is 6.07 Å². The molecule has 0 radical (unpaired) electrons. The highest BCUT2D eigenvalue weighted by atomic mass is 79.9. The van der Waals surface area contributed by atoms with E-state index < -0.39 is 0 Å². The number of nitrogens with zero attached hydrogens (tertiary/aromatic N) is 2. The third-order valence-corrected chi connectivity index (χ3v) is 4.30. The number of benzene rings is 1. The van der Waals surface area contributed by atoms with E-state index in [2.05, 4.69) is 36.9 Å². The molecule has 1 aromatic heterocycles. The number of imidazole rings is 1. The minimum absolute atomic E-state index is 0.190. The molecule has 0 amide bonds. The number of nitrogens with one attached hydrogen (secondary N) is 1. The second kappa shape index (κ2) is 5.45. The van der Waals surface area contributed by atoms with Crippen molar-refractivity contribution < 1.29 is 4.74 Å². The first-order valence-corrected chi connectivity index (χ1v) is 7.11. The second-order valence-electron chi connectivity index (χ2n) is 4.67. The second-order valence-corrected chi connectivity index (χ2v) is 5.52. The Morgan fingerprint density at radius 1 is 1.37 bits per heavy atom. The van der Waals surface area contributed by atoms with Gasteiger partial charge in [0.1, 0.15) is 0 Å². The average Bonchev–Trinajstić information content (AvgIpc) is 3.07. The van der Waals surface area contributed by atoms with Crippen LogP contribution >= 0.6 is 15.9 Å². The molecule has 1 N–H and O–H groups in total. The molecule has 0 aliphatic carbocycles. The average molecular weight is 322 g/mol. The van der Waals surface area contributed by atoms with Gasteiger partial charge < -0.3 is 14.6 Å². The maximum absolute atomic E-state index is 5.55. The summed E-state index contributed by atoms with van der Waals surface area (Å²) >= 11 is 3.60. The standard InChI is InChI=1S/C14H16BrN3O/c1-19-14-8-16-7-13(14)18-9-17-6-12(18)10-4-2-3-5-11(10)15/h2-6,9,13-14,16H,7-8H2,1H3/t13?,14-/m0/s1. The van der Waals surface area contributed by atoms with E-state index in [9.17, 15) is 0 Å². The molecule has 5 heteroatoms. The van der Waals surface area contributed by atoms with Gasteiger partial charge in [0.25, 0.3) is 0 Å². The topological polar surface area (TPSA) is 39.1 Å². The van der Waals surface area contributed by atoms with Gasteiger partial charge in [-0.25, -0.2) is 4.98 Å². The number of hydrogen-bond acceptors (Lipinski definition) is 3. The molecule has 0 bridgehead atoms. The van der Waals surface area contributed by atoms with E-state index in [1.54, 1.807) is 7.11 Å². The molecule has 2 atom stereocenters. The maximum atomic E-state index is 5.55. The smallest absolute Gasteiger partial charge is 0.0954 e. The molecule has 19 heavy (non-hydrogen) atoms. The van der Waals surface area contributed by atoms with Gasteiger partial charge in [0, 0.05) is 30.2 Å². The van der Waals surface area contributed by atoms with Crippen LogP contribution in [0.2, 0.25) is 0 Å². The number of halogens is 1. The van der Waals surface area contributed by atoms with Gasteiger partial charge in [-0.3, -0.25) is 0 Å². The van der Waals surface area contributed by atoms with Crippen LogP contribution in [0.1, 0.15) is 6.04 Å². The van der Waals surface area contributed by atoms with Crippen LogP contribution in [-0.4, -0.2) is 35.9 Å². The van der Waals surface area contributed by atoms with Crippen molar-refractivity contribution in [1.82, 2.24) is 14.9 Å². The van der Waals surface area contributed by atoms with Crippen molar-refractivity contribution in [3.05, 3.63) is 41.3 Å². The Labute approximate surface area is 120 Å². The lowest BCUT2D eigenvalue weighted by Crippen LogP contribution is -2.24. The van der Waals surface area contributed by atoms with E-state index in [0.717, 1.165) is 28.8 Å². The Morgan fingerprint density at radius 3 is 3.00 bits per heavy atom. The zero-order valence-electron chi connectivity index (χ0n) is 10.7. The lowest BCUT2D eigenvalue weighted by atomic mass is 10.1. The highest BCUT2D eigenvalue weighted by molar-refractivity contribution is 9.10. The summed E-state index contributed by atoms with van der Waals surface area (Å²) in [5.74, 6) is 0. The predicted octanol–water partition coefficient (Wildman–Crippen LogP) is 2.47. The van der Waals surface area contributed by atoms with Crippen LogP contribution in [0.4, 0.5) is 0 Å². The van der Waals surface area contributed by atoms with Crippen LogP contribution in [0, 0.1) is 0 Å². The van der Waals surface area contributed by atoms with Crippen LogP contribution in [0.25, 0.3) is 11.3 Å². The molecule has 3 rings (SSSR count). The Kier molecular flexibility index (Phi) is 3.68. The van der Waals surface area contributed by atoms with E-state index in [0.29, 0.717) is 0 Å². The number of aromatic nitrogens is 2. The molecular formula is C14H16BrN3O. The molecule has 1 aliphatic heterocycles. The summed E-state index contributed by atoms with van der Waals surface area (Å²) < 4.78 is 8.83. The highest BCUT2D eigenvalue weighted by Gasteiger charge is 2.29. The maximum Gasteiger partial charge on any atom is 0.0954 e. The van der Waals surface area contributed by atoms with Crippen molar-refractivity contribution in [2.24, 2.45) is 0 Å². The summed E-state index contributed by atoms with van der Waals surface area (Å²) in [6.07, 6.45) is 3.99. The third-order valence-electron chi connectivity index (χ3n) is 3.60. The van der Waals surface area contributed by atoms with Crippen LogP contribution in [0.5, 0.6) is 0 Å². The molecule has 1 unspecified atom stereocenters. The molecule has 100 valence electrons. The lowest BCUT2D eigenvalue weighted by molar-refractivity contribution is 0.0870. The predicted molar refractivity (Wildman–Crippen MR) is 78.1 cm³/mol. The monoisotopic (exact) mass is 321 g/mol. The first-order valence-electron chi connectivity index (χ1n) is 6.31. The molecule has 2 aromatic rings. The van der Waals surface area contributed by atoms with Gasteiger partial charge >= 0.3 is 0 Å². The van der Waals surface area contributed by atoms with Crippen LogP contribution in [0.3, 0.4) is 0 Å². The summed E-state index contributed by atoms with van der Waals surface area (Å²) in [4.78, 5) is 4.31. The lowest BCUT2D eigenvalue weighted by Gasteiger charge is -2.21.